The second kappa shape index (κ2) is 7.19. The molecule has 23 heavy (non-hydrogen) atoms. The third-order valence-corrected chi connectivity index (χ3v) is 3.65. The molecule has 0 spiro atoms. The molecule has 0 radical (unpaired) electrons. The molecule has 1 aliphatic rings. The topological polar surface area (TPSA) is 84.3 Å². The lowest BCUT2D eigenvalue weighted by Crippen LogP contribution is -2.28. The van der Waals surface area contributed by atoms with Crippen LogP contribution in [0.4, 0.5) is 0 Å². The number of carbonyl (C=O) groups excluding carboxylic acids is 1. The maximum Gasteiger partial charge on any atom is 0.251 e. The molecule has 2 aromatic rings. The zero-order valence-corrected chi connectivity index (χ0v) is 12.7. The summed E-state index contributed by atoms with van der Waals surface area (Å²) in [5, 5.41) is 12.7. The number of nitrogens with zero attached hydrogens (tertiary/aromatic N) is 2. The van der Waals surface area contributed by atoms with Gasteiger partial charge in [0.15, 0.2) is 0 Å². The van der Waals surface area contributed by atoms with Gasteiger partial charge in [-0.05, 0) is 37.0 Å². The van der Waals surface area contributed by atoms with Gasteiger partial charge in [-0.3, -0.25) is 9.78 Å². The predicted molar refractivity (Wildman–Crippen MR) is 84.0 cm³/mol. The van der Waals surface area contributed by atoms with E-state index in [1.807, 2.05) is 0 Å². The van der Waals surface area contributed by atoms with Crippen LogP contribution in [-0.2, 0) is 0 Å². The van der Waals surface area contributed by atoms with E-state index in [4.69, 9.17) is 4.74 Å². The van der Waals surface area contributed by atoms with E-state index in [2.05, 4.69) is 15.3 Å². The second-order valence-corrected chi connectivity index (χ2v) is 5.62. The Bertz CT molecular complexity index is 659. The first kappa shape index (κ1) is 15.4. The average molecular weight is 313 g/mol. The lowest BCUT2D eigenvalue weighted by atomic mass is 10.2. The van der Waals surface area contributed by atoms with Crippen LogP contribution in [0, 0.1) is 5.92 Å². The molecule has 2 N–H and O–H groups in total. The van der Waals surface area contributed by atoms with Crippen LogP contribution < -0.4 is 10.1 Å². The fourth-order valence-electron chi connectivity index (χ4n) is 2.09. The van der Waals surface area contributed by atoms with Gasteiger partial charge in [0.05, 0.1) is 12.3 Å². The molecular weight excluding hydrogens is 294 g/mol. The quantitative estimate of drug-likeness (QED) is 0.813. The van der Waals surface area contributed by atoms with E-state index in [1.165, 1.54) is 12.8 Å². The van der Waals surface area contributed by atoms with Crippen LogP contribution in [0.25, 0.3) is 0 Å². The minimum atomic E-state index is -0.840. The number of hydrogen-bond acceptors (Lipinski definition) is 5. The van der Waals surface area contributed by atoms with Crippen LogP contribution in [0.1, 0.15) is 35.0 Å². The molecule has 0 aromatic carbocycles. The minimum Gasteiger partial charge on any atom is -0.477 e. The number of aliphatic hydroxyl groups is 1. The van der Waals surface area contributed by atoms with Gasteiger partial charge in [-0.15, -0.1) is 0 Å². The van der Waals surface area contributed by atoms with Crippen molar-refractivity contribution in [3.05, 3.63) is 54.0 Å². The highest BCUT2D eigenvalue weighted by Crippen LogP contribution is 2.29. The molecule has 1 amide bonds. The van der Waals surface area contributed by atoms with Crippen LogP contribution in [-0.4, -0.2) is 34.1 Å². The van der Waals surface area contributed by atoms with Crippen LogP contribution >= 0.6 is 0 Å². The van der Waals surface area contributed by atoms with Gasteiger partial charge in [0.25, 0.3) is 5.91 Å². The number of aromatic nitrogens is 2. The summed E-state index contributed by atoms with van der Waals surface area (Å²) in [7, 11) is 0. The van der Waals surface area contributed by atoms with Gasteiger partial charge < -0.3 is 15.2 Å². The Kier molecular flexibility index (Phi) is 4.83. The lowest BCUT2D eigenvalue weighted by molar-refractivity contribution is 0.0913. The summed E-state index contributed by atoms with van der Waals surface area (Å²) in [5.41, 5.74) is 0.981. The molecule has 1 saturated carbocycles. The molecule has 0 aliphatic heterocycles. The largest absolute Gasteiger partial charge is 0.477 e. The van der Waals surface area contributed by atoms with Gasteiger partial charge >= 0.3 is 0 Å². The third kappa shape index (κ3) is 4.50. The summed E-state index contributed by atoms with van der Waals surface area (Å²) in [6.45, 7) is 0.743. The zero-order valence-electron chi connectivity index (χ0n) is 12.7. The van der Waals surface area contributed by atoms with Crippen molar-refractivity contribution in [1.29, 1.82) is 0 Å². The fraction of sp³-hybridized carbons (Fsp3) is 0.353. The van der Waals surface area contributed by atoms with E-state index in [1.54, 1.807) is 42.7 Å². The molecule has 0 saturated heterocycles. The van der Waals surface area contributed by atoms with Crippen LogP contribution in [0.5, 0.6) is 5.88 Å². The highest BCUT2D eigenvalue weighted by atomic mass is 16.5. The number of amides is 1. The number of nitrogens with one attached hydrogen (secondary N) is 1. The Hall–Kier alpha value is -2.47. The van der Waals surface area contributed by atoms with Crippen molar-refractivity contribution in [2.24, 2.45) is 5.92 Å². The van der Waals surface area contributed by atoms with Gasteiger partial charge in [0.1, 0.15) is 6.10 Å². The summed E-state index contributed by atoms with van der Waals surface area (Å²) in [5.74, 6) is 0.802. The van der Waals surface area contributed by atoms with Crippen molar-refractivity contribution >= 4 is 5.91 Å². The molecule has 120 valence electrons. The zero-order chi connectivity index (χ0) is 16.1. The Morgan fingerprint density at radius 1 is 1.30 bits per heavy atom. The average Bonchev–Trinajstić information content (AvgIpc) is 3.43. The molecule has 6 nitrogen and oxygen atoms in total. The van der Waals surface area contributed by atoms with Gasteiger partial charge in [-0.25, -0.2) is 4.98 Å². The Morgan fingerprint density at radius 3 is 2.91 bits per heavy atom. The van der Waals surface area contributed by atoms with Gasteiger partial charge in [0, 0.05) is 30.6 Å². The van der Waals surface area contributed by atoms with Gasteiger partial charge in [-0.1, -0.05) is 6.07 Å². The van der Waals surface area contributed by atoms with Gasteiger partial charge in [-0.2, -0.15) is 0 Å². The molecule has 1 fully saturated rings. The molecular formula is C17H19N3O3. The minimum absolute atomic E-state index is 0.0937. The third-order valence-electron chi connectivity index (χ3n) is 3.65. The predicted octanol–water partition coefficient (Wildman–Crippen LogP) is 1.73. The van der Waals surface area contributed by atoms with Crippen molar-refractivity contribution in [3.63, 3.8) is 0 Å². The number of carbonyl (C=O) groups is 1. The Balaban J connectivity index is 1.54. The van der Waals surface area contributed by atoms with E-state index < -0.39 is 6.10 Å². The SMILES string of the molecule is O=C(NCC(O)c1ccccn1)c1ccnc(OCC2CC2)c1. The maximum absolute atomic E-state index is 12.2. The van der Waals surface area contributed by atoms with E-state index >= 15 is 0 Å². The molecule has 0 bridgehead atoms. The summed E-state index contributed by atoms with van der Waals surface area (Å²) < 4.78 is 5.57. The van der Waals surface area contributed by atoms with E-state index in [-0.39, 0.29) is 12.5 Å². The highest BCUT2D eigenvalue weighted by Gasteiger charge is 2.22. The maximum atomic E-state index is 12.2. The number of aliphatic hydroxyl groups excluding tert-OH is 1. The number of pyridine rings is 2. The number of ether oxygens (including phenoxy) is 1. The molecule has 1 unspecified atom stereocenters. The van der Waals surface area contributed by atoms with E-state index in [9.17, 15) is 9.90 Å². The van der Waals surface area contributed by atoms with E-state index in [0.717, 1.165) is 0 Å². The number of rotatable bonds is 7. The Morgan fingerprint density at radius 2 is 2.17 bits per heavy atom. The van der Waals surface area contributed by atoms with Crippen molar-refractivity contribution in [2.45, 2.75) is 18.9 Å². The van der Waals surface area contributed by atoms with Crippen LogP contribution in [0.3, 0.4) is 0 Å². The molecule has 2 heterocycles. The highest BCUT2D eigenvalue weighted by molar-refractivity contribution is 5.94. The standard InChI is InChI=1S/C17H19N3O3/c21-15(14-3-1-2-7-18-14)10-20-17(22)13-6-8-19-16(9-13)23-11-12-4-5-12/h1-3,6-9,12,15,21H,4-5,10-11H2,(H,20,22). The lowest BCUT2D eigenvalue weighted by Gasteiger charge is -2.11. The normalized spacial score (nSPS) is 15.0. The first-order valence-electron chi connectivity index (χ1n) is 7.68. The molecule has 3 rings (SSSR count). The van der Waals surface area contributed by atoms with Crippen LogP contribution in [0.15, 0.2) is 42.7 Å². The fourth-order valence-corrected chi connectivity index (χ4v) is 2.09. The van der Waals surface area contributed by atoms with Gasteiger partial charge in [0.2, 0.25) is 5.88 Å². The molecule has 2 aromatic heterocycles. The van der Waals surface area contributed by atoms with E-state index in [0.29, 0.717) is 29.7 Å². The van der Waals surface area contributed by atoms with Crippen LogP contribution in [0.2, 0.25) is 0 Å². The van der Waals surface area contributed by atoms with Crippen molar-refractivity contribution < 1.29 is 14.6 Å². The van der Waals surface area contributed by atoms with Crippen molar-refractivity contribution in [2.75, 3.05) is 13.2 Å². The summed E-state index contributed by atoms with van der Waals surface area (Å²) in [6.07, 6.45) is 4.71. The molecule has 1 aliphatic carbocycles. The summed E-state index contributed by atoms with van der Waals surface area (Å²) in [4.78, 5) is 20.3. The monoisotopic (exact) mass is 313 g/mol. The van der Waals surface area contributed by atoms with Crippen molar-refractivity contribution in [3.8, 4) is 5.88 Å². The summed E-state index contributed by atoms with van der Waals surface area (Å²) in [6, 6.07) is 8.51. The number of hydrogen-bond donors (Lipinski definition) is 2. The molecule has 6 heteroatoms. The smallest absolute Gasteiger partial charge is 0.251 e. The van der Waals surface area contributed by atoms with Crippen molar-refractivity contribution in [1.82, 2.24) is 15.3 Å². The first-order valence-corrected chi connectivity index (χ1v) is 7.68. The Labute approximate surface area is 134 Å². The second-order valence-electron chi connectivity index (χ2n) is 5.62. The first-order chi connectivity index (χ1) is 11.2. The summed E-state index contributed by atoms with van der Waals surface area (Å²) >= 11 is 0. The molecule has 1 atom stereocenters.